The molecule has 0 N–H and O–H groups in total. The first-order valence-corrected chi connectivity index (χ1v) is 12.2. The third kappa shape index (κ3) is 3.49. The first kappa shape index (κ1) is 21.7. The van der Waals surface area contributed by atoms with Gasteiger partial charge in [0.15, 0.2) is 0 Å². The number of carbonyl (C=O) groups is 1. The van der Waals surface area contributed by atoms with Crippen molar-refractivity contribution < 1.29 is 14.0 Å². The number of methoxy groups -OCH3 is 1. The van der Waals surface area contributed by atoms with Crippen LogP contribution in [0.15, 0.2) is 36.6 Å². The molecule has 1 fully saturated rings. The van der Waals surface area contributed by atoms with Crippen LogP contribution in [-0.4, -0.2) is 21.4 Å². The number of esters is 1. The van der Waals surface area contributed by atoms with Gasteiger partial charge in [-0.25, -0.2) is 0 Å². The summed E-state index contributed by atoms with van der Waals surface area (Å²) in [6.07, 6.45) is 0.710. The Balaban J connectivity index is 2.43. The molecule has 1 aromatic carbocycles. The Labute approximate surface area is 166 Å². The first-order chi connectivity index (χ1) is 12.6. The number of aryl methyl sites for hydroxylation is 1. The van der Waals surface area contributed by atoms with E-state index in [2.05, 4.69) is 67.2 Å². The summed E-state index contributed by atoms with van der Waals surface area (Å²) in [4.78, 5) is 12.9. The maximum atomic E-state index is 12.9. The van der Waals surface area contributed by atoms with Crippen molar-refractivity contribution in [3.8, 4) is 0 Å². The van der Waals surface area contributed by atoms with Crippen molar-refractivity contribution in [2.75, 3.05) is 7.11 Å². The van der Waals surface area contributed by atoms with Gasteiger partial charge in [0, 0.05) is 5.92 Å². The Hall–Kier alpha value is -1.55. The highest BCUT2D eigenvalue weighted by atomic mass is 28.4. The average molecular weight is 389 g/mol. The van der Waals surface area contributed by atoms with Gasteiger partial charge >= 0.3 is 5.97 Å². The van der Waals surface area contributed by atoms with Gasteiger partial charge in [0.25, 0.3) is 8.32 Å². The number of carbonyl (C=O) groups excluding carboxylic acids is 1. The minimum absolute atomic E-state index is 0.0804. The van der Waals surface area contributed by atoms with Crippen molar-refractivity contribution in [3.05, 3.63) is 47.7 Å². The van der Waals surface area contributed by atoms with E-state index in [4.69, 9.17) is 9.16 Å². The predicted octanol–water partition coefficient (Wildman–Crippen LogP) is 6.35. The predicted molar refractivity (Wildman–Crippen MR) is 114 cm³/mol. The summed E-state index contributed by atoms with van der Waals surface area (Å²) in [6, 6.07) is 8.26. The fraction of sp³-hybridized carbons (Fsp3) is 0.609. The number of rotatable bonds is 8. The van der Waals surface area contributed by atoms with E-state index >= 15 is 0 Å². The van der Waals surface area contributed by atoms with E-state index < -0.39 is 13.7 Å². The zero-order valence-electron chi connectivity index (χ0n) is 18.3. The molecule has 2 rings (SSSR count). The Morgan fingerprint density at radius 1 is 1.11 bits per heavy atom. The van der Waals surface area contributed by atoms with Gasteiger partial charge in [0.2, 0.25) is 0 Å². The van der Waals surface area contributed by atoms with Crippen LogP contribution in [0.4, 0.5) is 0 Å². The van der Waals surface area contributed by atoms with Crippen LogP contribution >= 0.6 is 0 Å². The third-order valence-corrected chi connectivity index (χ3v) is 12.6. The molecule has 1 saturated carbocycles. The van der Waals surface area contributed by atoms with Gasteiger partial charge in [-0.1, -0.05) is 72.4 Å². The molecule has 4 heteroatoms. The average Bonchev–Trinajstić information content (AvgIpc) is 3.34. The lowest BCUT2D eigenvalue weighted by molar-refractivity contribution is -0.146. The van der Waals surface area contributed by atoms with Gasteiger partial charge in [0.1, 0.15) is 5.41 Å². The molecule has 1 aliphatic rings. The molecule has 0 amide bonds. The van der Waals surface area contributed by atoms with Gasteiger partial charge < -0.3 is 9.16 Å². The van der Waals surface area contributed by atoms with Gasteiger partial charge in [-0.05, 0) is 41.1 Å². The fourth-order valence-corrected chi connectivity index (χ4v) is 10.4. The van der Waals surface area contributed by atoms with E-state index in [1.807, 2.05) is 12.1 Å². The lowest BCUT2D eigenvalue weighted by Crippen LogP contribution is -2.48. The van der Waals surface area contributed by atoms with Crippen molar-refractivity contribution in [1.82, 2.24) is 0 Å². The van der Waals surface area contributed by atoms with Crippen molar-refractivity contribution in [2.45, 2.75) is 77.4 Å². The summed E-state index contributed by atoms with van der Waals surface area (Å²) in [5, 5.41) is 0. The molecule has 0 aliphatic heterocycles. The molecule has 3 nitrogen and oxygen atoms in total. The highest BCUT2D eigenvalue weighted by Crippen LogP contribution is 2.65. The highest BCUT2D eigenvalue weighted by molar-refractivity contribution is 6.77. The van der Waals surface area contributed by atoms with E-state index in [9.17, 15) is 4.79 Å². The SMILES string of the molecule is C=C(O[Si](C(C)C)(C(C)C)C(C)C)[C@@]1(C(=O)OC)C[C@H]1c1ccccc1C. The second kappa shape index (κ2) is 7.82. The number of ether oxygens (including phenoxy) is 1. The second-order valence-electron chi connectivity index (χ2n) is 8.92. The molecule has 0 saturated heterocycles. The van der Waals surface area contributed by atoms with Gasteiger partial charge in [-0.15, -0.1) is 0 Å². The van der Waals surface area contributed by atoms with Crippen LogP contribution in [0.3, 0.4) is 0 Å². The van der Waals surface area contributed by atoms with Gasteiger partial charge in [-0.2, -0.15) is 0 Å². The third-order valence-electron chi connectivity index (χ3n) is 6.58. The zero-order chi connectivity index (χ0) is 20.6. The van der Waals surface area contributed by atoms with E-state index in [0.29, 0.717) is 28.8 Å². The smallest absolute Gasteiger partial charge is 0.320 e. The minimum Gasteiger partial charge on any atom is -0.545 e. The first-order valence-electron chi connectivity index (χ1n) is 10.1. The molecule has 27 heavy (non-hydrogen) atoms. The quantitative estimate of drug-likeness (QED) is 0.296. The molecule has 150 valence electrons. The normalized spacial score (nSPS) is 22.3. The van der Waals surface area contributed by atoms with E-state index in [-0.39, 0.29) is 11.9 Å². The Morgan fingerprint density at radius 3 is 2.07 bits per heavy atom. The van der Waals surface area contributed by atoms with Crippen molar-refractivity contribution >= 4 is 14.3 Å². The zero-order valence-corrected chi connectivity index (χ0v) is 19.3. The summed E-state index contributed by atoms with van der Waals surface area (Å²) in [5.41, 5.74) is 2.93. The lowest BCUT2D eigenvalue weighted by atomic mass is 9.95. The van der Waals surface area contributed by atoms with Gasteiger partial charge in [-0.3, -0.25) is 4.79 Å². The molecule has 0 spiro atoms. The Kier molecular flexibility index (Phi) is 6.30. The van der Waals surface area contributed by atoms with Crippen LogP contribution in [0.5, 0.6) is 0 Å². The number of hydrogen-bond acceptors (Lipinski definition) is 3. The van der Waals surface area contributed by atoms with Gasteiger partial charge in [0.05, 0.1) is 12.9 Å². The van der Waals surface area contributed by atoms with Crippen LogP contribution in [0, 0.1) is 12.3 Å². The summed E-state index contributed by atoms with van der Waals surface area (Å²) >= 11 is 0. The molecule has 1 aromatic rings. The summed E-state index contributed by atoms with van der Waals surface area (Å²) in [5.74, 6) is 0.474. The molecule has 0 heterocycles. The summed E-state index contributed by atoms with van der Waals surface area (Å²) < 4.78 is 12.0. The van der Waals surface area contributed by atoms with E-state index in [0.717, 1.165) is 0 Å². The van der Waals surface area contributed by atoms with Crippen molar-refractivity contribution in [2.24, 2.45) is 5.41 Å². The molecule has 0 radical (unpaired) electrons. The van der Waals surface area contributed by atoms with Crippen molar-refractivity contribution in [1.29, 1.82) is 0 Å². The molecule has 0 aromatic heterocycles. The van der Waals surface area contributed by atoms with E-state index in [1.165, 1.54) is 18.2 Å². The van der Waals surface area contributed by atoms with Crippen LogP contribution in [0.1, 0.15) is 65.0 Å². The Bertz CT molecular complexity index is 686. The summed E-state index contributed by atoms with van der Waals surface area (Å²) in [6.45, 7) is 19.9. The number of hydrogen-bond donors (Lipinski definition) is 0. The second-order valence-corrected chi connectivity index (χ2v) is 14.3. The maximum absolute atomic E-state index is 12.9. The van der Waals surface area contributed by atoms with Crippen molar-refractivity contribution in [3.63, 3.8) is 0 Å². The highest BCUT2D eigenvalue weighted by Gasteiger charge is 2.66. The molecule has 0 unspecified atom stereocenters. The number of benzene rings is 1. The molecular formula is C23H36O3Si. The van der Waals surface area contributed by atoms with Crippen LogP contribution in [-0.2, 0) is 14.0 Å². The summed E-state index contributed by atoms with van der Waals surface area (Å²) in [7, 11) is -0.710. The molecular weight excluding hydrogens is 352 g/mol. The monoisotopic (exact) mass is 388 g/mol. The van der Waals surface area contributed by atoms with E-state index in [1.54, 1.807) is 0 Å². The van der Waals surface area contributed by atoms with Crippen LogP contribution < -0.4 is 0 Å². The molecule has 2 atom stereocenters. The minimum atomic E-state index is -2.17. The maximum Gasteiger partial charge on any atom is 0.320 e. The van der Waals surface area contributed by atoms with Crippen LogP contribution in [0.25, 0.3) is 0 Å². The Morgan fingerprint density at radius 2 is 1.63 bits per heavy atom. The fourth-order valence-electron chi connectivity index (χ4n) is 5.10. The molecule has 0 bridgehead atoms. The lowest BCUT2D eigenvalue weighted by Gasteiger charge is -2.43. The topological polar surface area (TPSA) is 35.5 Å². The molecule has 1 aliphatic carbocycles. The largest absolute Gasteiger partial charge is 0.545 e. The standard InChI is InChI=1S/C23H36O3Si/c1-15(2)27(16(3)4,17(5)6)26-19(8)23(22(24)25-9)14-21(23)20-13-11-10-12-18(20)7/h10-13,15-17,21H,8,14H2,1-7,9H3/t21-,23-/m0/s1. The van der Waals surface area contributed by atoms with Crippen LogP contribution in [0.2, 0.25) is 16.6 Å².